The summed E-state index contributed by atoms with van der Waals surface area (Å²) in [5, 5.41) is 2.75. The Kier molecular flexibility index (Phi) is 4.57. The summed E-state index contributed by atoms with van der Waals surface area (Å²) in [6.07, 6.45) is 2.56. The Morgan fingerprint density at radius 1 is 1.35 bits per heavy atom. The van der Waals surface area contributed by atoms with Crippen LogP contribution in [0.5, 0.6) is 5.75 Å². The summed E-state index contributed by atoms with van der Waals surface area (Å²) in [5.41, 5.74) is 6.90. The highest BCUT2D eigenvalue weighted by Crippen LogP contribution is 2.18. The fourth-order valence-electron chi connectivity index (χ4n) is 1.52. The number of benzene rings is 1. The van der Waals surface area contributed by atoms with E-state index in [-0.39, 0.29) is 5.91 Å². The molecule has 6 heteroatoms. The van der Waals surface area contributed by atoms with Crippen molar-refractivity contribution in [3.8, 4) is 5.75 Å². The van der Waals surface area contributed by atoms with Crippen LogP contribution in [-0.4, -0.2) is 17.0 Å². The largest absolute Gasteiger partial charge is 0.479 e. The number of nitrogens with one attached hydrogen (secondary N) is 1. The second kappa shape index (κ2) is 6.38. The van der Waals surface area contributed by atoms with Crippen LogP contribution in [0.4, 0.5) is 11.4 Å². The highest BCUT2D eigenvalue weighted by molar-refractivity contribution is 9.10. The Morgan fingerprint density at radius 2 is 2.05 bits per heavy atom. The number of aromatic nitrogens is 1. The van der Waals surface area contributed by atoms with Crippen LogP contribution in [0.1, 0.15) is 6.92 Å². The standard InChI is InChI=1S/C14H14BrN3O2/c1-9(20-13-6-10(15)7-17-8-13)14(19)18-12-4-2-11(16)3-5-12/h2-9H,16H2,1H3,(H,18,19). The van der Waals surface area contributed by atoms with E-state index in [4.69, 9.17) is 10.5 Å². The fourth-order valence-corrected chi connectivity index (χ4v) is 1.87. The lowest BCUT2D eigenvalue weighted by atomic mass is 10.2. The molecule has 0 saturated carbocycles. The molecule has 20 heavy (non-hydrogen) atoms. The molecule has 5 nitrogen and oxygen atoms in total. The zero-order valence-corrected chi connectivity index (χ0v) is 12.4. The van der Waals surface area contributed by atoms with E-state index in [9.17, 15) is 4.79 Å². The topological polar surface area (TPSA) is 77.2 Å². The lowest BCUT2D eigenvalue weighted by Crippen LogP contribution is -2.30. The number of amides is 1. The second-order valence-corrected chi connectivity index (χ2v) is 5.13. The highest BCUT2D eigenvalue weighted by atomic mass is 79.9. The van der Waals surface area contributed by atoms with Crippen LogP contribution < -0.4 is 15.8 Å². The highest BCUT2D eigenvalue weighted by Gasteiger charge is 2.15. The van der Waals surface area contributed by atoms with E-state index in [0.717, 1.165) is 4.47 Å². The van der Waals surface area contributed by atoms with Crippen LogP contribution >= 0.6 is 15.9 Å². The van der Waals surface area contributed by atoms with Gasteiger partial charge in [0.2, 0.25) is 0 Å². The molecule has 104 valence electrons. The number of nitrogens with zero attached hydrogens (tertiary/aromatic N) is 1. The van der Waals surface area contributed by atoms with Gasteiger partial charge in [-0.15, -0.1) is 0 Å². The second-order valence-electron chi connectivity index (χ2n) is 4.21. The molecule has 0 saturated heterocycles. The number of carbonyl (C=O) groups is 1. The molecule has 0 aliphatic rings. The number of hydrogen-bond donors (Lipinski definition) is 2. The van der Waals surface area contributed by atoms with E-state index >= 15 is 0 Å². The van der Waals surface area contributed by atoms with Crippen molar-refractivity contribution in [2.45, 2.75) is 13.0 Å². The van der Waals surface area contributed by atoms with Crippen molar-refractivity contribution >= 4 is 33.2 Å². The fraction of sp³-hybridized carbons (Fsp3) is 0.143. The maximum absolute atomic E-state index is 12.0. The van der Waals surface area contributed by atoms with Gasteiger partial charge in [0.25, 0.3) is 5.91 Å². The van der Waals surface area contributed by atoms with Gasteiger partial charge in [0.05, 0.1) is 6.20 Å². The van der Waals surface area contributed by atoms with E-state index in [1.807, 2.05) is 0 Å². The molecule has 0 spiro atoms. The Bertz CT molecular complexity index is 602. The summed E-state index contributed by atoms with van der Waals surface area (Å²) in [7, 11) is 0. The normalized spacial score (nSPS) is 11.7. The molecule has 3 N–H and O–H groups in total. The van der Waals surface area contributed by atoms with Gasteiger partial charge in [-0.1, -0.05) is 0 Å². The van der Waals surface area contributed by atoms with Gasteiger partial charge in [-0.05, 0) is 53.2 Å². The molecular weight excluding hydrogens is 322 g/mol. The van der Waals surface area contributed by atoms with Gasteiger partial charge >= 0.3 is 0 Å². The van der Waals surface area contributed by atoms with Gasteiger partial charge < -0.3 is 15.8 Å². The predicted molar refractivity (Wildman–Crippen MR) is 81.5 cm³/mol. The Morgan fingerprint density at radius 3 is 2.70 bits per heavy atom. The number of anilines is 2. The smallest absolute Gasteiger partial charge is 0.265 e. The monoisotopic (exact) mass is 335 g/mol. The first-order chi connectivity index (χ1) is 9.54. The van der Waals surface area contributed by atoms with E-state index < -0.39 is 6.10 Å². The van der Waals surface area contributed by atoms with Crippen LogP contribution in [0.25, 0.3) is 0 Å². The predicted octanol–water partition coefficient (Wildman–Crippen LogP) is 2.83. The molecule has 1 aromatic carbocycles. The molecule has 2 rings (SSSR count). The van der Waals surface area contributed by atoms with Gasteiger partial charge in [-0.3, -0.25) is 9.78 Å². The van der Waals surface area contributed by atoms with Gasteiger partial charge in [-0.25, -0.2) is 0 Å². The molecule has 1 atom stereocenters. The number of nitrogens with two attached hydrogens (primary N) is 1. The van der Waals surface area contributed by atoms with Crippen LogP contribution in [0.3, 0.4) is 0 Å². The van der Waals surface area contributed by atoms with Gasteiger partial charge in [-0.2, -0.15) is 0 Å². The molecule has 1 amide bonds. The van der Waals surface area contributed by atoms with Crippen LogP contribution in [0, 0.1) is 0 Å². The molecular formula is C14H14BrN3O2. The van der Waals surface area contributed by atoms with Gasteiger partial charge in [0.15, 0.2) is 6.10 Å². The van der Waals surface area contributed by atoms with Crippen molar-refractivity contribution in [2.75, 3.05) is 11.1 Å². The molecule has 0 fully saturated rings. The number of rotatable bonds is 4. The minimum absolute atomic E-state index is 0.241. The Balaban J connectivity index is 1.96. The average Bonchev–Trinajstić information content (AvgIpc) is 2.41. The molecule has 1 heterocycles. The molecule has 1 unspecified atom stereocenters. The van der Waals surface area contributed by atoms with Crippen molar-refractivity contribution < 1.29 is 9.53 Å². The van der Waals surface area contributed by atoms with Crippen molar-refractivity contribution in [1.82, 2.24) is 4.98 Å². The summed E-state index contributed by atoms with van der Waals surface area (Å²) < 4.78 is 6.32. The molecule has 1 aromatic heterocycles. The van der Waals surface area contributed by atoms with Crippen molar-refractivity contribution in [3.05, 3.63) is 47.2 Å². The third-order valence-electron chi connectivity index (χ3n) is 2.54. The van der Waals surface area contributed by atoms with E-state index in [1.54, 1.807) is 49.6 Å². The van der Waals surface area contributed by atoms with Crippen LogP contribution in [0.2, 0.25) is 0 Å². The lowest BCUT2D eigenvalue weighted by molar-refractivity contribution is -0.122. The molecule has 0 aliphatic heterocycles. The van der Waals surface area contributed by atoms with E-state index in [2.05, 4.69) is 26.2 Å². The number of hydrogen-bond acceptors (Lipinski definition) is 4. The zero-order valence-electron chi connectivity index (χ0n) is 10.8. The van der Waals surface area contributed by atoms with Crippen LogP contribution in [0.15, 0.2) is 47.2 Å². The summed E-state index contributed by atoms with van der Waals surface area (Å²) in [6.45, 7) is 1.67. The van der Waals surface area contributed by atoms with Gasteiger partial charge in [0, 0.05) is 22.0 Å². The quantitative estimate of drug-likeness (QED) is 0.842. The zero-order chi connectivity index (χ0) is 14.5. The Labute approximate surface area is 125 Å². The minimum atomic E-state index is -0.636. The minimum Gasteiger partial charge on any atom is -0.479 e. The first kappa shape index (κ1) is 14.3. The van der Waals surface area contributed by atoms with E-state index in [1.165, 1.54) is 0 Å². The molecule has 2 aromatic rings. The number of ether oxygens (including phenoxy) is 1. The maximum Gasteiger partial charge on any atom is 0.265 e. The Hall–Kier alpha value is -2.08. The SMILES string of the molecule is CC(Oc1cncc(Br)c1)C(=O)Nc1ccc(N)cc1. The lowest BCUT2D eigenvalue weighted by Gasteiger charge is -2.14. The third-order valence-corrected chi connectivity index (χ3v) is 2.97. The average molecular weight is 336 g/mol. The maximum atomic E-state index is 12.0. The summed E-state index contributed by atoms with van der Waals surface area (Å²) in [6, 6.07) is 8.67. The number of halogens is 1. The van der Waals surface area contributed by atoms with Crippen LogP contribution in [-0.2, 0) is 4.79 Å². The first-order valence-corrected chi connectivity index (χ1v) is 6.77. The summed E-state index contributed by atoms with van der Waals surface area (Å²) in [5.74, 6) is 0.286. The molecule has 0 bridgehead atoms. The number of nitrogen functional groups attached to an aromatic ring is 1. The third kappa shape index (κ3) is 3.96. The van der Waals surface area contributed by atoms with Crippen molar-refractivity contribution in [2.24, 2.45) is 0 Å². The van der Waals surface area contributed by atoms with Gasteiger partial charge in [0.1, 0.15) is 5.75 Å². The summed E-state index contributed by atoms with van der Waals surface area (Å²) in [4.78, 5) is 16.0. The van der Waals surface area contributed by atoms with Crippen molar-refractivity contribution in [3.63, 3.8) is 0 Å². The summed E-state index contributed by atoms with van der Waals surface area (Å²) >= 11 is 3.29. The molecule has 0 radical (unpaired) electrons. The first-order valence-electron chi connectivity index (χ1n) is 5.98. The van der Waals surface area contributed by atoms with E-state index in [0.29, 0.717) is 17.1 Å². The molecule has 0 aliphatic carbocycles. The van der Waals surface area contributed by atoms with Crippen molar-refractivity contribution in [1.29, 1.82) is 0 Å². The number of carbonyl (C=O) groups excluding carboxylic acids is 1. The number of pyridine rings is 1.